The fraction of sp³-hybridized carbons (Fsp3) is 0.304. The number of carbonyl (C=O) groups excluding carboxylic acids is 1. The summed E-state index contributed by atoms with van der Waals surface area (Å²) in [6, 6.07) is 15.2. The van der Waals surface area contributed by atoms with Crippen LogP contribution in [-0.4, -0.2) is 36.8 Å². The van der Waals surface area contributed by atoms with Crippen molar-refractivity contribution in [2.75, 3.05) is 31.2 Å². The summed E-state index contributed by atoms with van der Waals surface area (Å²) >= 11 is 0. The third kappa shape index (κ3) is 4.49. The van der Waals surface area contributed by atoms with Crippen LogP contribution in [0.2, 0.25) is 0 Å². The molecule has 0 bridgehead atoms. The van der Waals surface area contributed by atoms with Gasteiger partial charge in [-0.1, -0.05) is 18.2 Å². The number of anilines is 1. The van der Waals surface area contributed by atoms with E-state index in [1.807, 2.05) is 61.8 Å². The third-order valence-electron chi connectivity index (χ3n) is 5.34. The van der Waals surface area contributed by atoms with Crippen LogP contribution in [0.1, 0.15) is 21.7 Å². The quantitative estimate of drug-likeness (QED) is 0.381. The molecule has 150 valence electrons. The van der Waals surface area contributed by atoms with E-state index in [1.54, 1.807) is 0 Å². The standard InChI is InChI=1S/C23H26N3O3/c1-18-24(2)10-11-26(18)17-19-6-8-20(9-7-19)23(27)29-22-5-3-4-21(16-22)25-12-14-28-15-13-25/h3-11,16H,12-15,17H2,1-2H3/q+1. The number of hydrogen-bond acceptors (Lipinski definition) is 4. The van der Waals surface area contributed by atoms with Gasteiger partial charge in [0.2, 0.25) is 0 Å². The maximum atomic E-state index is 12.6. The Hall–Kier alpha value is -3.12. The summed E-state index contributed by atoms with van der Waals surface area (Å²) in [4.78, 5) is 14.8. The summed E-state index contributed by atoms with van der Waals surface area (Å²) in [5, 5.41) is 0. The van der Waals surface area contributed by atoms with Gasteiger partial charge in [-0.25, -0.2) is 13.9 Å². The van der Waals surface area contributed by atoms with Crippen LogP contribution in [0.4, 0.5) is 5.69 Å². The highest BCUT2D eigenvalue weighted by Gasteiger charge is 2.14. The zero-order valence-corrected chi connectivity index (χ0v) is 16.9. The third-order valence-corrected chi connectivity index (χ3v) is 5.34. The van der Waals surface area contributed by atoms with E-state index in [4.69, 9.17) is 9.47 Å². The maximum Gasteiger partial charge on any atom is 0.343 e. The average Bonchev–Trinajstić information content (AvgIpc) is 3.07. The van der Waals surface area contributed by atoms with Gasteiger partial charge in [0, 0.05) is 31.8 Å². The number of carbonyl (C=O) groups is 1. The Bertz CT molecular complexity index is 989. The molecule has 4 rings (SSSR count). The number of nitrogens with zero attached hydrogens (tertiary/aromatic N) is 3. The van der Waals surface area contributed by atoms with Gasteiger partial charge in [0.25, 0.3) is 5.82 Å². The number of aromatic nitrogens is 2. The summed E-state index contributed by atoms with van der Waals surface area (Å²) < 4.78 is 15.3. The van der Waals surface area contributed by atoms with Crippen LogP contribution in [0.15, 0.2) is 60.9 Å². The van der Waals surface area contributed by atoms with E-state index in [-0.39, 0.29) is 5.97 Å². The molecule has 2 aromatic carbocycles. The van der Waals surface area contributed by atoms with Gasteiger partial charge in [-0.05, 0) is 29.8 Å². The minimum absolute atomic E-state index is 0.348. The van der Waals surface area contributed by atoms with Gasteiger partial charge in [-0.2, -0.15) is 0 Å². The number of imidazole rings is 1. The Morgan fingerprint density at radius 2 is 1.90 bits per heavy atom. The molecule has 0 amide bonds. The van der Waals surface area contributed by atoms with Crippen LogP contribution in [0, 0.1) is 6.92 Å². The topological polar surface area (TPSA) is 47.6 Å². The molecule has 1 aliphatic rings. The molecule has 1 aliphatic heterocycles. The first kappa shape index (κ1) is 19.2. The van der Waals surface area contributed by atoms with Crippen molar-refractivity contribution in [1.29, 1.82) is 0 Å². The van der Waals surface area contributed by atoms with Crippen LogP contribution in [-0.2, 0) is 18.3 Å². The number of esters is 1. The van der Waals surface area contributed by atoms with E-state index >= 15 is 0 Å². The monoisotopic (exact) mass is 392 g/mol. The molecule has 0 atom stereocenters. The molecular weight excluding hydrogens is 366 g/mol. The number of rotatable bonds is 5. The zero-order valence-electron chi connectivity index (χ0n) is 16.9. The van der Waals surface area contributed by atoms with E-state index in [1.165, 1.54) is 5.82 Å². The summed E-state index contributed by atoms with van der Waals surface area (Å²) in [6.45, 7) is 5.98. The first-order valence-electron chi connectivity index (χ1n) is 9.85. The number of ether oxygens (including phenoxy) is 2. The Morgan fingerprint density at radius 3 is 2.59 bits per heavy atom. The lowest BCUT2D eigenvalue weighted by atomic mass is 10.1. The number of hydrogen-bond donors (Lipinski definition) is 0. The second-order valence-corrected chi connectivity index (χ2v) is 7.27. The van der Waals surface area contributed by atoms with Crippen molar-refractivity contribution < 1.29 is 18.8 Å². The zero-order chi connectivity index (χ0) is 20.2. The molecule has 0 saturated carbocycles. The van der Waals surface area contributed by atoms with Crippen LogP contribution in [0.5, 0.6) is 5.75 Å². The van der Waals surface area contributed by atoms with Crippen molar-refractivity contribution in [3.63, 3.8) is 0 Å². The molecule has 0 radical (unpaired) electrons. The second-order valence-electron chi connectivity index (χ2n) is 7.27. The van der Waals surface area contributed by atoms with E-state index in [0.717, 1.165) is 44.1 Å². The molecule has 0 unspecified atom stereocenters. The summed E-state index contributed by atoms with van der Waals surface area (Å²) in [5.74, 6) is 1.38. The summed E-state index contributed by atoms with van der Waals surface area (Å²) in [6.07, 6.45) is 4.09. The summed E-state index contributed by atoms with van der Waals surface area (Å²) in [7, 11) is 2.03. The molecule has 2 heterocycles. The van der Waals surface area contributed by atoms with Gasteiger partial charge in [0.1, 0.15) is 24.7 Å². The molecule has 6 nitrogen and oxygen atoms in total. The number of aryl methyl sites for hydroxylation is 1. The lowest BCUT2D eigenvalue weighted by molar-refractivity contribution is -0.677. The van der Waals surface area contributed by atoms with Crippen molar-refractivity contribution in [3.05, 3.63) is 77.9 Å². The predicted octanol–water partition coefficient (Wildman–Crippen LogP) is 2.73. The highest BCUT2D eigenvalue weighted by Crippen LogP contribution is 2.23. The summed E-state index contributed by atoms with van der Waals surface area (Å²) in [5.41, 5.74) is 2.72. The second kappa shape index (κ2) is 8.49. The molecule has 0 spiro atoms. The minimum Gasteiger partial charge on any atom is -0.423 e. The van der Waals surface area contributed by atoms with Gasteiger partial charge in [0.05, 0.1) is 25.8 Å². The first-order valence-corrected chi connectivity index (χ1v) is 9.85. The Morgan fingerprint density at radius 1 is 1.14 bits per heavy atom. The van der Waals surface area contributed by atoms with Crippen LogP contribution < -0.4 is 14.2 Å². The molecular formula is C23H26N3O3+. The minimum atomic E-state index is -0.348. The molecule has 0 N–H and O–H groups in total. The van der Waals surface area contributed by atoms with Gasteiger partial charge < -0.3 is 14.4 Å². The molecule has 29 heavy (non-hydrogen) atoms. The highest BCUT2D eigenvalue weighted by atomic mass is 16.5. The van der Waals surface area contributed by atoms with Gasteiger partial charge >= 0.3 is 5.97 Å². The molecule has 1 fully saturated rings. The van der Waals surface area contributed by atoms with Gasteiger partial charge in [0.15, 0.2) is 0 Å². The Balaban J connectivity index is 1.41. The predicted molar refractivity (Wildman–Crippen MR) is 110 cm³/mol. The lowest BCUT2D eigenvalue weighted by Gasteiger charge is -2.29. The van der Waals surface area contributed by atoms with E-state index < -0.39 is 0 Å². The normalized spacial score (nSPS) is 14.1. The largest absolute Gasteiger partial charge is 0.423 e. The van der Waals surface area contributed by atoms with Crippen molar-refractivity contribution >= 4 is 11.7 Å². The maximum absolute atomic E-state index is 12.6. The van der Waals surface area contributed by atoms with Crippen molar-refractivity contribution in [1.82, 2.24) is 4.57 Å². The Labute approximate surface area is 170 Å². The van der Waals surface area contributed by atoms with Crippen LogP contribution in [0.3, 0.4) is 0 Å². The number of morpholine rings is 1. The highest BCUT2D eigenvalue weighted by molar-refractivity contribution is 5.91. The van der Waals surface area contributed by atoms with Crippen molar-refractivity contribution in [2.24, 2.45) is 7.05 Å². The first-order chi connectivity index (χ1) is 14.1. The van der Waals surface area contributed by atoms with Crippen molar-refractivity contribution in [3.8, 4) is 5.75 Å². The molecule has 0 aliphatic carbocycles. The van der Waals surface area contributed by atoms with Gasteiger partial charge in [-0.3, -0.25) is 0 Å². The van der Waals surface area contributed by atoms with Crippen LogP contribution in [0.25, 0.3) is 0 Å². The SMILES string of the molecule is Cc1n(Cc2ccc(C(=O)Oc3cccc(N4CCOCC4)c3)cc2)cc[n+]1C. The smallest absolute Gasteiger partial charge is 0.343 e. The van der Waals surface area contributed by atoms with Gasteiger partial charge in [-0.15, -0.1) is 0 Å². The Kier molecular flexibility index (Phi) is 5.62. The molecule has 6 heteroatoms. The molecule has 3 aromatic rings. The van der Waals surface area contributed by atoms with Crippen molar-refractivity contribution in [2.45, 2.75) is 13.5 Å². The van der Waals surface area contributed by atoms with E-state index in [2.05, 4.69) is 27.2 Å². The molecule has 1 aromatic heterocycles. The van der Waals surface area contributed by atoms with E-state index in [0.29, 0.717) is 11.3 Å². The lowest BCUT2D eigenvalue weighted by Crippen LogP contribution is -2.36. The fourth-order valence-electron chi connectivity index (χ4n) is 3.44. The fourth-order valence-corrected chi connectivity index (χ4v) is 3.44. The average molecular weight is 392 g/mol. The van der Waals surface area contributed by atoms with E-state index in [9.17, 15) is 4.79 Å². The molecule has 1 saturated heterocycles. The number of benzene rings is 2. The van der Waals surface area contributed by atoms with Crippen LogP contribution >= 0.6 is 0 Å².